The van der Waals surface area contributed by atoms with Gasteiger partial charge in [0, 0.05) is 18.6 Å². The summed E-state index contributed by atoms with van der Waals surface area (Å²) < 4.78 is 31.4. The van der Waals surface area contributed by atoms with Crippen molar-refractivity contribution in [3.05, 3.63) is 57.6 Å². The minimum atomic E-state index is -3.63. The molecule has 2 rings (SSSR count). The van der Waals surface area contributed by atoms with Gasteiger partial charge >= 0.3 is 5.97 Å². The molecule has 0 unspecified atom stereocenters. The first kappa shape index (κ1) is 18.6. The van der Waals surface area contributed by atoms with Crippen molar-refractivity contribution in [3.8, 4) is 5.75 Å². The predicted molar refractivity (Wildman–Crippen MR) is 95.9 cm³/mol. The highest BCUT2D eigenvalue weighted by Gasteiger charge is 2.21. The van der Waals surface area contributed by atoms with Gasteiger partial charge in [-0.3, -0.25) is 0 Å². The lowest BCUT2D eigenvalue weighted by Crippen LogP contribution is -2.22. The Morgan fingerprint density at radius 3 is 2.29 bits per heavy atom. The second-order valence-corrected chi connectivity index (χ2v) is 8.57. The fourth-order valence-corrected chi connectivity index (χ4v) is 3.31. The quantitative estimate of drug-likeness (QED) is 0.569. The summed E-state index contributed by atoms with van der Waals surface area (Å²) in [5, 5.41) is 0. The summed E-state index contributed by atoms with van der Waals surface area (Å²) in [4.78, 5) is 12.4. The molecule has 0 fully saturated rings. The van der Waals surface area contributed by atoms with E-state index in [-0.39, 0.29) is 10.5 Å². The average molecular weight is 412 g/mol. The Balaban J connectivity index is 2.37. The molecule has 0 spiro atoms. The molecule has 128 valence electrons. The van der Waals surface area contributed by atoms with Gasteiger partial charge in [0.2, 0.25) is 10.0 Å². The SMILES string of the molecule is Cc1ccc(OC(=O)c2cc(S(=O)(=O)N(C)C)ccc2Br)cc1C. The molecule has 24 heavy (non-hydrogen) atoms. The second kappa shape index (κ2) is 7.04. The van der Waals surface area contributed by atoms with E-state index in [1.54, 1.807) is 12.1 Å². The van der Waals surface area contributed by atoms with Crippen molar-refractivity contribution >= 4 is 31.9 Å². The largest absolute Gasteiger partial charge is 0.423 e. The van der Waals surface area contributed by atoms with Crippen LogP contribution in [-0.4, -0.2) is 32.8 Å². The molecule has 0 amide bonds. The molecule has 0 saturated heterocycles. The number of hydrogen-bond acceptors (Lipinski definition) is 4. The van der Waals surface area contributed by atoms with Crippen LogP contribution in [0.15, 0.2) is 45.8 Å². The van der Waals surface area contributed by atoms with Gasteiger partial charge in [0.25, 0.3) is 0 Å². The number of hydrogen-bond donors (Lipinski definition) is 0. The summed E-state index contributed by atoms with van der Waals surface area (Å²) in [7, 11) is -0.760. The maximum atomic E-state index is 12.4. The molecule has 0 radical (unpaired) electrons. The lowest BCUT2D eigenvalue weighted by atomic mass is 10.1. The Hall–Kier alpha value is -1.70. The minimum Gasteiger partial charge on any atom is -0.423 e. The third kappa shape index (κ3) is 3.85. The zero-order valence-electron chi connectivity index (χ0n) is 13.8. The zero-order chi connectivity index (χ0) is 18.1. The minimum absolute atomic E-state index is 0.0303. The van der Waals surface area contributed by atoms with Crippen LogP contribution < -0.4 is 4.74 Å². The van der Waals surface area contributed by atoms with Crippen LogP contribution in [-0.2, 0) is 10.0 Å². The molecule has 7 heteroatoms. The highest BCUT2D eigenvalue weighted by molar-refractivity contribution is 9.10. The fourth-order valence-electron chi connectivity index (χ4n) is 1.97. The van der Waals surface area contributed by atoms with Gasteiger partial charge in [-0.2, -0.15) is 0 Å². The molecule has 0 aliphatic rings. The molecule has 0 N–H and O–H groups in total. The van der Waals surface area contributed by atoms with Gasteiger partial charge in [-0.25, -0.2) is 17.5 Å². The summed E-state index contributed by atoms with van der Waals surface area (Å²) in [6.07, 6.45) is 0. The van der Waals surface area contributed by atoms with Crippen molar-refractivity contribution in [2.24, 2.45) is 0 Å². The van der Waals surface area contributed by atoms with Crippen LogP contribution >= 0.6 is 15.9 Å². The molecule has 0 aliphatic heterocycles. The third-order valence-electron chi connectivity index (χ3n) is 3.63. The van der Waals surface area contributed by atoms with Crippen molar-refractivity contribution in [1.82, 2.24) is 4.31 Å². The van der Waals surface area contributed by atoms with E-state index < -0.39 is 16.0 Å². The number of halogens is 1. The highest BCUT2D eigenvalue weighted by atomic mass is 79.9. The van der Waals surface area contributed by atoms with Gasteiger partial charge in [-0.1, -0.05) is 6.07 Å². The van der Waals surface area contributed by atoms with Crippen molar-refractivity contribution in [3.63, 3.8) is 0 Å². The summed E-state index contributed by atoms with van der Waals surface area (Å²) in [5.74, 6) is -0.211. The topological polar surface area (TPSA) is 63.7 Å². The zero-order valence-corrected chi connectivity index (χ0v) is 16.2. The summed E-state index contributed by atoms with van der Waals surface area (Å²) in [5.41, 5.74) is 2.24. The van der Waals surface area contributed by atoms with E-state index in [1.807, 2.05) is 19.9 Å². The van der Waals surface area contributed by atoms with Crippen molar-refractivity contribution in [2.45, 2.75) is 18.7 Å². The van der Waals surface area contributed by atoms with Crippen LogP contribution in [0.25, 0.3) is 0 Å². The number of carbonyl (C=O) groups is 1. The summed E-state index contributed by atoms with van der Waals surface area (Å²) in [6, 6.07) is 9.60. The smallest absolute Gasteiger partial charge is 0.344 e. The van der Waals surface area contributed by atoms with E-state index in [4.69, 9.17) is 4.74 Å². The predicted octanol–water partition coefficient (Wildman–Crippen LogP) is 3.54. The van der Waals surface area contributed by atoms with Crippen molar-refractivity contribution < 1.29 is 17.9 Å². The molecule has 0 aliphatic carbocycles. The first-order valence-corrected chi connectivity index (χ1v) is 9.37. The molecular weight excluding hydrogens is 394 g/mol. The van der Waals surface area contributed by atoms with E-state index in [0.717, 1.165) is 15.4 Å². The molecule has 0 bridgehead atoms. The van der Waals surface area contributed by atoms with E-state index >= 15 is 0 Å². The molecule has 0 saturated carbocycles. The molecule has 0 atom stereocenters. The Kier molecular flexibility index (Phi) is 5.47. The first-order chi connectivity index (χ1) is 11.1. The number of sulfonamides is 1. The Morgan fingerprint density at radius 1 is 1.04 bits per heavy atom. The number of ether oxygens (including phenoxy) is 1. The van der Waals surface area contributed by atoms with E-state index in [1.165, 1.54) is 32.3 Å². The first-order valence-electron chi connectivity index (χ1n) is 7.14. The summed E-state index contributed by atoms with van der Waals surface area (Å²) >= 11 is 3.27. The van der Waals surface area contributed by atoms with Crippen LogP contribution in [0.4, 0.5) is 0 Å². The summed E-state index contributed by atoms with van der Waals surface area (Å²) in [6.45, 7) is 3.89. The Labute approximate surface area is 150 Å². The van der Waals surface area contributed by atoms with Crippen molar-refractivity contribution in [2.75, 3.05) is 14.1 Å². The van der Waals surface area contributed by atoms with Crippen LogP contribution in [0.3, 0.4) is 0 Å². The van der Waals surface area contributed by atoms with E-state index in [0.29, 0.717) is 10.2 Å². The molecular formula is C17H18BrNO4S. The van der Waals surface area contributed by atoms with Gasteiger partial charge in [0.15, 0.2) is 0 Å². The lowest BCUT2D eigenvalue weighted by Gasteiger charge is -2.13. The number of carbonyl (C=O) groups excluding carboxylic acids is 1. The molecule has 2 aromatic carbocycles. The van der Waals surface area contributed by atoms with Crippen LogP contribution in [0.1, 0.15) is 21.5 Å². The van der Waals surface area contributed by atoms with Crippen LogP contribution in [0, 0.1) is 13.8 Å². The Bertz CT molecular complexity index is 891. The lowest BCUT2D eigenvalue weighted by molar-refractivity contribution is 0.0733. The van der Waals surface area contributed by atoms with Gasteiger partial charge in [-0.15, -0.1) is 0 Å². The van der Waals surface area contributed by atoms with Gasteiger partial charge < -0.3 is 4.74 Å². The monoisotopic (exact) mass is 411 g/mol. The molecule has 5 nitrogen and oxygen atoms in total. The van der Waals surface area contributed by atoms with E-state index in [9.17, 15) is 13.2 Å². The highest BCUT2D eigenvalue weighted by Crippen LogP contribution is 2.25. The van der Waals surface area contributed by atoms with Gasteiger partial charge in [0.05, 0.1) is 10.5 Å². The number of benzene rings is 2. The maximum Gasteiger partial charge on any atom is 0.344 e. The maximum absolute atomic E-state index is 12.4. The van der Waals surface area contributed by atoms with Crippen LogP contribution in [0.2, 0.25) is 0 Å². The van der Waals surface area contributed by atoms with Crippen LogP contribution in [0.5, 0.6) is 5.75 Å². The van der Waals surface area contributed by atoms with Gasteiger partial charge in [-0.05, 0) is 71.2 Å². The standard InChI is InChI=1S/C17H18BrNO4S/c1-11-5-6-13(9-12(11)2)23-17(20)15-10-14(7-8-16(15)18)24(21,22)19(3)4/h5-10H,1-4H3. The number of rotatable bonds is 4. The second-order valence-electron chi connectivity index (χ2n) is 5.56. The number of aryl methyl sites for hydroxylation is 2. The molecule has 0 aromatic heterocycles. The molecule has 2 aromatic rings. The Morgan fingerprint density at radius 2 is 1.71 bits per heavy atom. The van der Waals surface area contributed by atoms with Crippen molar-refractivity contribution in [1.29, 1.82) is 0 Å². The number of esters is 1. The average Bonchev–Trinajstić information content (AvgIpc) is 2.51. The normalized spacial score (nSPS) is 11.6. The van der Waals surface area contributed by atoms with E-state index in [2.05, 4.69) is 15.9 Å². The third-order valence-corrected chi connectivity index (χ3v) is 6.13. The number of nitrogens with zero attached hydrogens (tertiary/aromatic N) is 1. The molecule has 0 heterocycles. The fraction of sp³-hybridized carbons (Fsp3) is 0.235. The van der Waals surface area contributed by atoms with Gasteiger partial charge in [0.1, 0.15) is 5.75 Å².